The van der Waals surface area contributed by atoms with E-state index < -0.39 is 0 Å². The van der Waals surface area contributed by atoms with Crippen LogP contribution in [0.5, 0.6) is 5.75 Å². The fourth-order valence-corrected chi connectivity index (χ4v) is 2.75. The minimum absolute atomic E-state index is 0.692. The molecule has 0 saturated carbocycles. The Hall–Kier alpha value is -1.07. The van der Waals surface area contributed by atoms with Crippen LogP contribution >= 0.6 is 23.1 Å². The van der Waals surface area contributed by atoms with E-state index in [1.54, 1.807) is 28.6 Å². The maximum absolute atomic E-state index is 5.68. The first-order valence-electron chi connectivity index (χ1n) is 5.49. The fraction of sp³-hybridized carbons (Fsp3) is 0.333. The molecule has 0 unspecified atom stereocenters. The van der Waals surface area contributed by atoms with Crippen LogP contribution in [0.15, 0.2) is 34.1 Å². The summed E-state index contributed by atoms with van der Waals surface area (Å²) < 4.78 is 6.68. The Bertz CT molecular complexity index is 446. The van der Waals surface area contributed by atoms with Gasteiger partial charge >= 0.3 is 0 Å². The summed E-state index contributed by atoms with van der Waals surface area (Å²) in [5, 5.41) is 7.75. The zero-order valence-corrected chi connectivity index (χ0v) is 11.3. The van der Waals surface area contributed by atoms with Gasteiger partial charge in [-0.1, -0.05) is 42.2 Å². The Kier molecular flexibility index (Phi) is 4.82. The van der Waals surface area contributed by atoms with Crippen molar-refractivity contribution in [2.75, 3.05) is 12.4 Å². The highest BCUT2D eigenvalue weighted by atomic mass is 32.2. The van der Waals surface area contributed by atoms with E-state index in [0.717, 1.165) is 22.3 Å². The van der Waals surface area contributed by atoms with Gasteiger partial charge in [0, 0.05) is 5.75 Å². The average Bonchev–Trinajstić information content (AvgIpc) is 2.88. The predicted octanol–water partition coefficient (Wildman–Crippen LogP) is 3.27. The van der Waals surface area contributed by atoms with Crippen molar-refractivity contribution in [2.45, 2.75) is 17.7 Å². The topological polar surface area (TPSA) is 35.0 Å². The SMILES string of the molecule is CCc1cccc(OCCSc2nncs2)c1. The maximum atomic E-state index is 5.68. The Labute approximate surface area is 109 Å². The van der Waals surface area contributed by atoms with Gasteiger partial charge in [-0.05, 0) is 24.1 Å². The molecule has 0 bridgehead atoms. The van der Waals surface area contributed by atoms with Gasteiger partial charge in [0.1, 0.15) is 11.3 Å². The summed E-state index contributed by atoms with van der Waals surface area (Å²) in [7, 11) is 0. The van der Waals surface area contributed by atoms with Gasteiger partial charge in [0.2, 0.25) is 0 Å². The normalized spacial score (nSPS) is 10.4. The third kappa shape index (κ3) is 4.02. The van der Waals surface area contributed by atoms with Gasteiger partial charge in [0.05, 0.1) is 6.61 Å². The van der Waals surface area contributed by atoms with Gasteiger partial charge in [-0.3, -0.25) is 0 Å². The molecule has 3 nitrogen and oxygen atoms in total. The van der Waals surface area contributed by atoms with Gasteiger partial charge in [0.15, 0.2) is 4.34 Å². The van der Waals surface area contributed by atoms with Crippen molar-refractivity contribution in [1.29, 1.82) is 0 Å². The molecule has 0 aliphatic rings. The number of hydrogen-bond donors (Lipinski definition) is 0. The zero-order chi connectivity index (χ0) is 11.9. The molecular weight excluding hydrogens is 252 g/mol. The molecule has 1 heterocycles. The largest absolute Gasteiger partial charge is 0.493 e. The quantitative estimate of drug-likeness (QED) is 0.594. The predicted molar refractivity (Wildman–Crippen MR) is 71.9 cm³/mol. The van der Waals surface area contributed by atoms with E-state index in [-0.39, 0.29) is 0 Å². The van der Waals surface area contributed by atoms with E-state index in [2.05, 4.69) is 29.3 Å². The van der Waals surface area contributed by atoms with Crippen LogP contribution in [0.4, 0.5) is 0 Å². The highest BCUT2D eigenvalue weighted by Gasteiger charge is 1.99. The zero-order valence-electron chi connectivity index (χ0n) is 9.63. The van der Waals surface area contributed by atoms with Crippen molar-refractivity contribution < 1.29 is 4.74 Å². The van der Waals surface area contributed by atoms with Crippen molar-refractivity contribution in [3.63, 3.8) is 0 Å². The molecule has 1 aromatic heterocycles. The third-order valence-electron chi connectivity index (χ3n) is 2.22. The lowest BCUT2D eigenvalue weighted by Gasteiger charge is -2.06. The van der Waals surface area contributed by atoms with Gasteiger partial charge in [-0.2, -0.15) is 0 Å². The molecule has 1 aromatic carbocycles. The van der Waals surface area contributed by atoms with Gasteiger partial charge < -0.3 is 4.74 Å². The van der Waals surface area contributed by atoms with Crippen LogP contribution in [0, 0.1) is 0 Å². The second-order valence-corrected chi connectivity index (χ2v) is 5.58. The first-order chi connectivity index (χ1) is 8.38. The molecule has 0 saturated heterocycles. The van der Waals surface area contributed by atoms with Crippen LogP contribution in [0.3, 0.4) is 0 Å². The van der Waals surface area contributed by atoms with Crippen molar-refractivity contribution >= 4 is 23.1 Å². The minimum atomic E-state index is 0.692. The van der Waals surface area contributed by atoms with E-state index in [1.165, 1.54) is 5.56 Å². The third-order valence-corrected chi connectivity index (χ3v) is 4.05. The number of ether oxygens (including phenoxy) is 1. The number of hydrogen-bond acceptors (Lipinski definition) is 5. The molecule has 0 spiro atoms. The Morgan fingerprint density at radius 2 is 2.35 bits per heavy atom. The van der Waals surface area contributed by atoms with E-state index in [4.69, 9.17) is 4.74 Å². The number of nitrogens with zero attached hydrogens (tertiary/aromatic N) is 2. The first kappa shape index (κ1) is 12.4. The maximum Gasteiger partial charge on any atom is 0.174 e. The van der Waals surface area contributed by atoms with Crippen molar-refractivity contribution in [3.05, 3.63) is 35.3 Å². The number of aryl methyl sites for hydroxylation is 1. The smallest absolute Gasteiger partial charge is 0.174 e. The average molecular weight is 266 g/mol. The van der Waals surface area contributed by atoms with E-state index in [0.29, 0.717) is 6.61 Å². The molecule has 0 N–H and O–H groups in total. The second-order valence-electron chi connectivity index (χ2n) is 3.40. The summed E-state index contributed by atoms with van der Waals surface area (Å²) in [6.45, 7) is 2.84. The van der Waals surface area contributed by atoms with Crippen LogP contribution in [-0.4, -0.2) is 22.6 Å². The highest BCUT2D eigenvalue weighted by molar-refractivity contribution is 8.01. The summed E-state index contributed by atoms with van der Waals surface area (Å²) in [4.78, 5) is 0. The van der Waals surface area contributed by atoms with E-state index in [9.17, 15) is 0 Å². The van der Waals surface area contributed by atoms with Crippen molar-refractivity contribution in [2.24, 2.45) is 0 Å². The van der Waals surface area contributed by atoms with Gasteiger partial charge in [0.25, 0.3) is 0 Å². The van der Waals surface area contributed by atoms with Crippen LogP contribution in [0.25, 0.3) is 0 Å². The standard InChI is InChI=1S/C12H14N2OS2/c1-2-10-4-3-5-11(8-10)15-6-7-16-12-14-13-9-17-12/h3-5,8-9H,2,6-7H2,1H3. The summed E-state index contributed by atoms with van der Waals surface area (Å²) in [5.41, 5.74) is 3.05. The van der Waals surface area contributed by atoms with Crippen molar-refractivity contribution in [1.82, 2.24) is 10.2 Å². The lowest BCUT2D eigenvalue weighted by Crippen LogP contribution is -2.00. The molecule has 17 heavy (non-hydrogen) atoms. The molecule has 5 heteroatoms. The summed E-state index contributed by atoms with van der Waals surface area (Å²) in [6, 6.07) is 8.24. The van der Waals surface area contributed by atoms with Crippen LogP contribution in [0.1, 0.15) is 12.5 Å². The molecule has 0 aliphatic carbocycles. The lowest BCUT2D eigenvalue weighted by molar-refractivity contribution is 0.343. The second kappa shape index (κ2) is 6.61. The van der Waals surface area contributed by atoms with Gasteiger partial charge in [-0.25, -0.2) is 0 Å². The highest BCUT2D eigenvalue weighted by Crippen LogP contribution is 2.19. The fourth-order valence-electron chi connectivity index (χ4n) is 1.37. The van der Waals surface area contributed by atoms with Crippen LogP contribution in [0.2, 0.25) is 0 Å². The number of aromatic nitrogens is 2. The summed E-state index contributed by atoms with van der Waals surface area (Å²) in [6.07, 6.45) is 1.04. The monoisotopic (exact) mass is 266 g/mol. The van der Waals surface area contributed by atoms with E-state index >= 15 is 0 Å². The molecule has 90 valence electrons. The van der Waals surface area contributed by atoms with E-state index in [1.807, 2.05) is 12.1 Å². The van der Waals surface area contributed by atoms with Gasteiger partial charge in [-0.15, -0.1) is 10.2 Å². The molecular formula is C12H14N2OS2. The molecule has 0 amide bonds. The summed E-state index contributed by atoms with van der Waals surface area (Å²) in [5.74, 6) is 1.84. The van der Waals surface area contributed by atoms with Crippen molar-refractivity contribution in [3.8, 4) is 5.75 Å². The molecule has 2 rings (SSSR count). The minimum Gasteiger partial charge on any atom is -0.493 e. The summed E-state index contributed by atoms with van der Waals surface area (Å²) >= 11 is 3.24. The molecule has 2 aromatic rings. The lowest BCUT2D eigenvalue weighted by atomic mass is 10.2. The number of thioether (sulfide) groups is 1. The molecule has 0 radical (unpaired) electrons. The first-order valence-corrected chi connectivity index (χ1v) is 7.35. The number of benzene rings is 1. The Morgan fingerprint density at radius 1 is 1.41 bits per heavy atom. The molecule has 0 fully saturated rings. The van der Waals surface area contributed by atoms with Crippen LogP contribution < -0.4 is 4.74 Å². The van der Waals surface area contributed by atoms with Crippen LogP contribution in [-0.2, 0) is 6.42 Å². The Morgan fingerprint density at radius 3 is 3.12 bits per heavy atom. The molecule has 0 atom stereocenters. The molecule has 0 aliphatic heterocycles. The Balaban J connectivity index is 1.74. The number of rotatable bonds is 6.